The van der Waals surface area contributed by atoms with Crippen molar-refractivity contribution in [1.82, 2.24) is 0 Å². The maximum atomic E-state index is 12.2. The van der Waals surface area contributed by atoms with Gasteiger partial charge in [0.1, 0.15) is 36.1 Å². The van der Waals surface area contributed by atoms with Crippen molar-refractivity contribution in [2.45, 2.75) is 80.7 Å². The van der Waals surface area contributed by atoms with Gasteiger partial charge in [-0.15, -0.1) is 0 Å². The minimum Gasteiger partial charge on any atom is -0.790 e. The molecule has 5 fully saturated rings. The van der Waals surface area contributed by atoms with Crippen molar-refractivity contribution < 1.29 is 47.4 Å². The van der Waals surface area contributed by atoms with E-state index in [-0.39, 0.29) is 35.6 Å². The molecule has 4 aliphatic heterocycles. The molecule has 7 rings (SSSR count). The summed E-state index contributed by atoms with van der Waals surface area (Å²) in [7, 11) is -5.17. The van der Waals surface area contributed by atoms with Crippen molar-refractivity contribution in [3.05, 3.63) is 11.1 Å². The molecular weight excluding hydrogens is 431 g/mol. The molecule has 31 heavy (non-hydrogen) atoms. The summed E-state index contributed by atoms with van der Waals surface area (Å²) in [5, 5.41) is 0. The number of phosphoric ester groups is 1. The summed E-state index contributed by atoms with van der Waals surface area (Å²) < 4.78 is 45.7. The molecule has 9 atom stereocenters. The molecule has 0 unspecified atom stereocenters. The van der Waals surface area contributed by atoms with Crippen LogP contribution in [0.1, 0.15) is 39.5 Å². The van der Waals surface area contributed by atoms with E-state index in [0.717, 1.165) is 17.6 Å². The molecule has 11 heteroatoms. The number of ether oxygens (including phenoxy) is 5. The molecule has 0 amide bonds. The molecule has 3 aliphatic carbocycles. The lowest BCUT2D eigenvalue weighted by Crippen LogP contribution is -2.69. The van der Waals surface area contributed by atoms with Crippen molar-refractivity contribution in [2.24, 2.45) is 11.3 Å². The van der Waals surface area contributed by atoms with Gasteiger partial charge in [0.05, 0.1) is 13.9 Å². The highest BCUT2D eigenvalue weighted by molar-refractivity contribution is 7.43. The summed E-state index contributed by atoms with van der Waals surface area (Å²) in [4.78, 5) is 34.1. The van der Waals surface area contributed by atoms with E-state index in [2.05, 4.69) is 11.4 Å². The molecule has 3 saturated heterocycles. The quantitative estimate of drug-likeness (QED) is 0.234. The standard InChI is InChI=1S/C20H25O10P/c1-3-18-13(29-18)14-20(30-14)17(2)5-4-9-10(7-25-15(9)21)11(17)6-12-19(20,28-12)16(18)26-8-27-31(22,23)24/h11-14,16H,3-8H2,1-2H3,(H2,22,23,24)/p-2/t11-,12-,13-,14-,16+,17-,18-,19+,20+/m0/s1. The summed E-state index contributed by atoms with van der Waals surface area (Å²) in [6.45, 7) is 3.83. The van der Waals surface area contributed by atoms with E-state index in [1.807, 2.05) is 6.92 Å². The largest absolute Gasteiger partial charge is 0.790 e. The van der Waals surface area contributed by atoms with Gasteiger partial charge in [0, 0.05) is 11.0 Å². The molecule has 4 heterocycles. The fraction of sp³-hybridized carbons (Fsp3) is 0.850. The second kappa shape index (κ2) is 5.45. The molecule has 0 aromatic heterocycles. The summed E-state index contributed by atoms with van der Waals surface area (Å²) >= 11 is 0. The van der Waals surface area contributed by atoms with Crippen LogP contribution in [0, 0.1) is 11.3 Å². The zero-order chi connectivity index (χ0) is 21.6. The molecule has 0 aromatic carbocycles. The van der Waals surface area contributed by atoms with Gasteiger partial charge in [-0.1, -0.05) is 13.8 Å². The maximum absolute atomic E-state index is 12.2. The Labute approximate surface area is 178 Å². The first-order chi connectivity index (χ1) is 14.6. The molecule has 0 N–H and O–H groups in total. The van der Waals surface area contributed by atoms with Gasteiger partial charge in [0.25, 0.3) is 0 Å². The Morgan fingerprint density at radius 1 is 1.23 bits per heavy atom. The smallest absolute Gasteiger partial charge is 0.334 e. The number of fused-ring (bicyclic) bond motifs is 4. The molecular formula is C20H23O10P-2. The second-order valence-electron chi connectivity index (χ2n) is 10.0. The monoisotopic (exact) mass is 454 g/mol. The number of esters is 1. The van der Waals surface area contributed by atoms with Gasteiger partial charge in [-0.3, -0.25) is 0 Å². The number of hydrogen-bond acceptors (Lipinski definition) is 10. The second-order valence-corrected chi connectivity index (χ2v) is 11.2. The highest BCUT2D eigenvalue weighted by Crippen LogP contribution is 2.83. The van der Waals surface area contributed by atoms with Crippen LogP contribution in [-0.2, 0) is 37.6 Å². The van der Waals surface area contributed by atoms with E-state index in [1.54, 1.807) is 0 Å². The Hall–Kier alpha value is -0.840. The van der Waals surface area contributed by atoms with Crippen LogP contribution in [0.15, 0.2) is 11.1 Å². The third-order valence-corrected chi connectivity index (χ3v) is 9.67. The number of cyclic esters (lactones) is 1. The van der Waals surface area contributed by atoms with Crippen LogP contribution in [0.4, 0.5) is 0 Å². The van der Waals surface area contributed by atoms with Gasteiger partial charge in [0.15, 0.2) is 12.4 Å². The van der Waals surface area contributed by atoms with Crippen LogP contribution < -0.4 is 9.79 Å². The topological polar surface area (TPSA) is 146 Å². The number of epoxide rings is 3. The normalized spacial score (nSPS) is 55.2. The van der Waals surface area contributed by atoms with Crippen LogP contribution in [0.25, 0.3) is 0 Å². The highest BCUT2D eigenvalue weighted by atomic mass is 31.2. The summed E-state index contributed by atoms with van der Waals surface area (Å²) in [5.41, 5.74) is -0.526. The Morgan fingerprint density at radius 3 is 2.77 bits per heavy atom. The van der Waals surface area contributed by atoms with Crippen LogP contribution >= 0.6 is 7.82 Å². The minimum atomic E-state index is -5.17. The number of rotatable bonds is 5. The Morgan fingerprint density at radius 2 is 2.03 bits per heavy atom. The molecule has 170 valence electrons. The molecule has 10 nitrogen and oxygen atoms in total. The minimum absolute atomic E-state index is 0.0987. The predicted molar refractivity (Wildman–Crippen MR) is 95.0 cm³/mol. The third kappa shape index (κ3) is 2.02. The lowest BCUT2D eigenvalue weighted by molar-refractivity contribution is -0.348. The Bertz CT molecular complexity index is 990. The van der Waals surface area contributed by atoms with E-state index in [4.69, 9.17) is 23.7 Å². The first kappa shape index (κ1) is 19.6. The summed E-state index contributed by atoms with van der Waals surface area (Å²) in [5.74, 6) is -0.116. The zero-order valence-corrected chi connectivity index (χ0v) is 18.1. The molecule has 0 aromatic rings. The fourth-order valence-electron chi connectivity index (χ4n) is 7.86. The molecule has 0 radical (unpaired) electrons. The average Bonchev–Trinajstić information content (AvgIpc) is 3.60. The highest BCUT2D eigenvalue weighted by Gasteiger charge is 3.00. The fourth-order valence-corrected chi connectivity index (χ4v) is 8.05. The van der Waals surface area contributed by atoms with E-state index in [9.17, 15) is 19.1 Å². The van der Waals surface area contributed by atoms with Gasteiger partial charge < -0.3 is 42.6 Å². The van der Waals surface area contributed by atoms with Gasteiger partial charge in [-0.2, -0.15) is 0 Å². The van der Waals surface area contributed by atoms with Gasteiger partial charge >= 0.3 is 5.97 Å². The Balaban J connectivity index is 1.29. The van der Waals surface area contributed by atoms with Gasteiger partial charge in [-0.25, -0.2) is 4.79 Å². The van der Waals surface area contributed by atoms with Gasteiger partial charge in [-0.05, 0) is 37.2 Å². The molecule has 0 bridgehead atoms. The van der Waals surface area contributed by atoms with Crippen LogP contribution in [0.3, 0.4) is 0 Å². The number of carbonyl (C=O) groups is 1. The van der Waals surface area contributed by atoms with Crippen molar-refractivity contribution in [3.63, 3.8) is 0 Å². The molecule has 2 saturated carbocycles. The number of phosphoric acid groups is 1. The van der Waals surface area contributed by atoms with E-state index < -0.39 is 37.5 Å². The lowest BCUT2D eigenvalue weighted by atomic mass is 9.47. The predicted octanol–water partition coefficient (Wildman–Crippen LogP) is -0.316. The maximum Gasteiger partial charge on any atom is 0.334 e. The lowest BCUT2D eigenvalue weighted by Gasteiger charge is -2.53. The van der Waals surface area contributed by atoms with Crippen molar-refractivity contribution >= 4 is 13.8 Å². The van der Waals surface area contributed by atoms with E-state index >= 15 is 0 Å². The van der Waals surface area contributed by atoms with Crippen molar-refractivity contribution in [2.75, 3.05) is 13.4 Å². The van der Waals surface area contributed by atoms with Crippen molar-refractivity contribution in [1.29, 1.82) is 0 Å². The summed E-state index contributed by atoms with van der Waals surface area (Å²) in [6, 6.07) is 0. The van der Waals surface area contributed by atoms with Crippen LogP contribution in [-0.4, -0.2) is 60.6 Å². The van der Waals surface area contributed by atoms with E-state index in [1.165, 1.54) is 0 Å². The number of hydrogen-bond donors (Lipinski definition) is 0. The van der Waals surface area contributed by atoms with Crippen molar-refractivity contribution in [3.8, 4) is 0 Å². The summed E-state index contributed by atoms with van der Waals surface area (Å²) in [6.07, 6.45) is 1.62. The van der Waals surface area contributed by atoms with Crippen LogP contribution in [0.2, 0.25) is 0 Å². The van der Waals surface area contributed by atoms with Crippen LogP contribution in [0.5, 0.6) is 0 Å². The Kier molecular flexibility index (Phi) is 3.45. The third-order valence-electron chi connectivity index (χ3n) is 9.25. The number of carbonyl (C=O) groups excluding carboxylic acids is 1. The first-order valence-electron chi connectivity index (χ1n) is 10.9. The SMILES string of the molecule is CC[C@]12O[C@H]1[C@@H]1O[C@]13[C@]1(O[C@H]1C[C@H]1C4=C(CC[C@@]13C)C(=O)OC4)[C@@H]2OCOP(=O)([O-])[O-]. The zero-order valence-electron chi connectivity index (χ0n) is 17.2. The van der Waals surface area contributed by atoms with E-state index in [0.29, 0.717) is 25.9 Å². The van der Waals surface area contributed by atoms with Gasteiger partial charge in [0.2, 0.25) is 0 Å². The molecule has 2 spiro atoms. The first-order valence-corrected chi connectivity index (χ1v) is 12.3. The average molecular weight is 454 g/mol. The molecule has 7 aliphatic rings.